The van der Waals surface area contributed by atoms with E-state index in [-0.39, 0.29) is 24.3 Å². The molecule has 204 valence electrons. The summed E-state index contributed by atoms with van der Waals surface area (Å²) in [6, 6.07) is 18.7. The molecule has 5 rings (SSSR count). The van der Waals surface area contributed by atoms with Gasteiger partial charge in [0.1, 0.15) is 5.82 Å². The minimum Gasteiger partial charge on any atom is -0.493 e. The number of hydrogen-bond acceptors (Lipinski definition) is 6. The number of hydrogen-bond donors (Lipinski definition) is 0. The molecule has 8 heteroatoms. The monoisotopic (exact) mass is 530 g/mol. The van der Waals surface area contributed by atoms with Gasteiger partial charge in [0.25, 0.3) is 5.91 Å². The number of piperazine rings is 1. The number of hydrazone groups is 1. The van der Waals surface area contributed by atoms with E-state index < -0.39 is 0 Å². The molecule has 3 aromatic carbocycles. The van der Waals surface area contributed by atoms with Crippen LogP contribution >= 0.6 is 0 Å². The average Bonchev–Trinajstić information content (AvgIpc) is 3.40. The summed E-state index contributed by atoms with van der Waals surface area (Å²) in [5.41, 5.74) is 5.72. The SMILES string of the molecule is COc1ccc(C2=NN(C(=O)CN3CCN(c4ccccc4F)CC3)C(c3cc(C)ccc3C)C2)cc1OC. The maximum absolute atomic E-state index is 14.3. The van der Waals surface area contributed by atoms with Crippen LogP contribution < -0.4 is 14.4 Å². The van der Waals surface area contributed by atoms with Gasteiger partial charge < -0.3 is 14.4 Å². The maximum atomic E-state index is 14.3. The van der Waals surface area contributed by atoms with E-state index in [0.717, 1.165) is 28.0 Å². The lowest BCUT2D eigenvalue weighted by atomic mass is 9.93. The molecule has 0 N–H and O–H groups in total. The van der Waals surface area contributed by atoms with E-state index >= 15 is 0 Å². The second kappa shape index (κ2) is 11.5. The Hall–Kier alpha value is -3.91. The Morgan fingerprint density at radius 3 is 2.41 bits per heavy atom. The quantitative estimate of drug-likeness (QED) is 0.432. The van der Waals surface area contributed by atoms with E-state index in [1.54, 1.807) is 31.4 Å². The first-order chi connectivity index (χ1) is 18.9. The van der Waals surface area contributed by atoms with Crippen molar-refractivity contribution < 1.29 is 18.7 Å². The van der Waals surface area contributed by atoms with Crippen LogP contribution in [0.1, 0.15) is 34.7 Å². The van der Waals surface area contributed by atoms with E-state index in [0.29, 0.717) is 49.8 Å². The number of aryl methyl sites for hydroxylation is 2. The molecule has 1 saturated heterocycles. The Morgan fingerprint density at radius 1 is 0.949 bits per heavy atom. The molecule has 0 radical (unpaired) electrons. The second-order valence-electron chi connectivity index (χ2n) is 10.1. The number of ether oxygens (including phenoxy) is 2. The first-order valence-corrected chi connectivity index (χ1v) is 13.3. The van der Waals surface area contributed by atoms with Gasteiger partial charge in [-0.1, -0.05) is 35.9 Å². The van der Waals surface area contributed by atoms with Gasteiger partial charge in [-0.3, -0.25) is 9.69 Å². The molecule has 2 heterocycles. The van der Waals surface area contributed by atoms with Crippen molar-refractivity contribution in [2.24, 2.45) is 5.10 Å². The highest BCUT2D eigenvalue weighted by Crippen LogP contribution is 2.37. The van der Waals surface area contributed by atoms with Crippen LogP contribution in [-0.4, -0.2) is 68.5 Å². The predicted molar refractivity (Wildman–Crippen MR) is 151 cm³/mol. The second-order valence-corrected chi connectivity index (χ2v) is 10.1. The summed E-state index contributed by atoms with van der Waals surface area (Å²) in [6.07, 6.45) is 0.604. The van der Waals surface area contributed by atoms with Gasteiger partial charge in [-0.05, 0) is 55.3 Å². The zero-order valence-corrected chi connectivity index (χ0v) is 23.0. The third-order valence-corrected chi connectivity index (χ3v) is 7.60. The predicted octanol–water partition coefficient (Wildman–Crippen LogP) is 4.96. The number of anilines is 1. The van der Waals surface area contributed by atoms with Crippen LogP contribution in [0.2, 0.25) is 0 Å². The fraction of sp³-hybridized carbons (Fsp3) is 0.355. The van der Waals surface area contributed by atoms with Gasteiger partial charge in [0, 0.05) is 38.2 Å². The Labute approximate surface area is 229 Å². The number of nitrogens with zero attached hydrogens (tertiary/aromatic N) is 4. The van der Waals surface area contributed by atoms with Crippen molar-refractivity contribution in [3.8, 4) is 11.5 Å². The van der Waals surface area contributed by atoms with Gasteiger partial charge in [-0.2, -0.15) is 5.10 Å². The normalized spacial score (nSPS) is 17.8. The fourth-order valence-electron chi connectivity index (χ4n) is 5.41. The Bertz CT molecular complexity index is 1380. The largest absolute Gasteiger partial charge is 0.493 e. The van der Waals surface area contributed by atoms with Crippen LogP contribution in [0.15, 0.2) is 65.8 Å². The molecule has 2 aliphatic heterocycles. The summed E-state index contributed by atoms with van der Waals surface area (Å²) < 4.78 is 25.2. The molecular weight excluding hydrogens is 495 g/mol. The van der Waals surface area contributed by atoms with E-state index in [1.807, 2.05) is 29.2 Å². The van der Waals surface area contributed by atoms with Crippen molar-refractivity contribution >= 4 is 17.3 Å². The van der Waals surface area contributed by atoms with Gasteiger partial charge in [-0.25, -0.2) is 9.40 Å². The van der Waals surface area contributed by atoms with E-state index in [9.17, 15) is 9.18 Å². The van der Waals surface area contributed by atoms with Gasteiger partial charge in [-0.15, -0.1) is 0 Å². The number of carbonyl (C=O) groups is 1. The average molecular weight is 531 g/mol. The molecule has 1 amide bonds. The Morgan fingerprint density at radius 2 is 1.69 bits per heavy atom. The van der Waals surface area contributed by atoms with Crippen LogP contribution in [0, 0.1) is 19.7 Å². The molecule has 0 bridgehead atoms. The molecule has 1 unspecified atom stereocenters. The van der Waals surface area contributed by atoms with Gasteiger partial charge in [0.05, 0.1) is 38.2 Å². The lowest BCUT2D eigenvalue weighted by molar-refractivity contribution is -0.134. The molecule has 0 aromatic heterocycles. The summed E-state index contributed by atoms with van der Waals surface area (Å²) in [5, 5.41) is 6.54. The fourth-order valence-corrected chi connectivity index (χ4v) is 5.41. The van der Waals surface area contributed by atoms with Gasteiger partial charge >= 0.3 is 0 Å². The summed E-state index contributed by atoms with van der Waals surface area (Å²) in [4.78, 5) is 17.9. The third-order valence-electron chi connectivity index (χ3n) is 7.60. The van der Waals surface area contributed by atoms with Crippen molar-refractivity contribution in [2.75, 3.05) is 51.8 Å². The highest BCUT2D eigenvalue weighted by atomic mass is 19.1. The Kier molecular flexibility index (Phi) is 7.84. The summed E-state index contributed by atoms with van der Waals surface area (Å²) >= 11 is 0. The highest BCUT2D eigenvalue weighted by Gasteiger charge is 2.35. The summed E-state index contributed by atoms with van der Waals surface area (Å²) in [6.45, 7) is 7.07. The van der Waals surface area contributed by atoms with Crippen molar-refractivity contribution in [1.29, 1.82) is 0 Å². The van der Waals surface area contributed by atoms with E-state index in [4.69, 9.17) is 14.6 Å². The van der Waals surface area contributed by atoms with Crippen molar-refractivity contribution in [3.05, 3.63) is 88.7 Å². The molecule has 3 aromatic rings. The molecule has 0 spiro atoms. The number of amides is 1. The molecule has 0 aliphatic carbocycles. The van der Waals surface area contributed by atoms with Crippen LogP contribution in [-0.2, 0) is 4.79 Å². The Balaban J connectivity index is 1.37. The molecule has 0 saturated carbocycles. The summed E-state index contributed by atoms with van der Waals surface area (Å²) in [5.74, 6) is 1.01. The first kappa shape index (κ1) is 26.7. The lowest BCUT2D eigenvalue weighted by Gasteiger charge is -2.36. The smallest absolute Gasteiger partial charge is 0.257 e. The van der Waals surface area contributed by atoms with Crippen LogP contribution in [0.4, 0.5) is 10.1 Å². The minimum absolute atomic E-state index is 0.0456. The zero-order valence-electron chi connectivity index (χ0n) is 23.0. The summed E-state index contributed by atoms with van der Waals surface area (Å²) in [7, 11) is 3.22. The van der Waals surface area contributed by atoms with Crippen molar-refractivity contribution in [2.45, 2.75) is 26.3 Å². The number of para-hydroxylation sites is 1. The standard InChI is InChI=1S/C31H35FN4O3/c1-21-9-10-22(2)24(17-21)28-19-26(23-11-12-29(38-3)30(18-23)39-4)33-36(28)31(37)20-34-13-15-35(16-14-34)27-8-6-5-7-25(27)32/h5-12,17-18,28H,13-16,19-20H2,1-4H3. The molecule has 7 nitrogen and oxygen atoms in total. The zero-order chi connectivity index (χ0) is 27.5. The number of halogens is 1. The first-order valence-electron chi connectivity index (χ1n) is 13.3. The lowest BCUT2D eigenvalue weighted by Crippen LogP contribution is -2.49. The third kappa shape index (κ3) is 5.61. The highest BCUT2D eigenvalue weighted by molar-refractivity contribution is 6.03. The van der Waals surface area contributed by atoms with Gasteiger partial charge in [0.2, 0.25) is 0 Å². The van der Waals surface area contributed by atoms with Crippen molar-refractivity contribution in [1.82, 2.24) is 9.91 Å². The van der Waals surface area contributed by atoms with Crippen LogP contribution in [0.5, 0.6) is 11.5 Å². The number of benzene rings is 3. The topological polar surface area (TPSA) is 57.6 Å². The molecule has 1 atom stereocenters. The molecule has 1 fully saturated rings. The molecular formula is C31H35FN4O3. The molecule has 2 aliphatic rings. The number of rotatable bonds is 7. The molecule has 39 heavy (non-hydrogen) atoms. The number of methoxy groups -OCH3 is 2. The minimum atomic E-state index is -0.215. The number of carbonyl (C=O) groups excluding carboxylic acids is 1. The van der Waals surface area contributed by atoms with Gasteiger partial charge in [0.15, 0.2) is 11.5 Å². The van der Waals surface area contributed by atoms with Crippen LogP contribution in [0.3, 0.4) is 0 Å². The maximum Gasteiger partial charge on any atom is 0.257 e. The van der Waals surface area contributed by atoms with Crippen molar-refractivity contribution in [3.63, 3.8) is 0 Å². The van der Waals surface area contributed by atoms with Crippen LogP contribution in [0.25, 0.3) is 0 Å². The van der Waals surface area contributed by atoms with E-state index in [2.05, 4.69) is 36.9 Å². The van der Waals surface area contributed by atoms with E-state index in [1.165, 1.54) is 6.07 Å².